The summed E-state index contributed by atoms with van der Waals surface area (Å²) in [5.74, 6) is 0.201. The number of rotatable bonds is 6. The average Bonchev–Trinajstić information content (AvgIpc) is 3.05. The van der Waals surface area contributed by atoms with Gasteiger partial charge in [-0.2, -0.15) is 0 Å². The molecule has 1 N–H and O–H groups in total. The number of aliphatic hydroxyl groups excluding tert-OH is 1. The highest BCUT2D eigenvalue weighted by Crippen LogP contribution is 2.51. The Hall–Kier alpha value is -1.14. The van der Waals surface area contributed by atoms with Gasteiger partial charge in [0.25, 0.3) is 0 Å². The summed E-state index contributed by atoms with van der Waals surface area (Å²) >= 11 is 0. The van der Waals surface area contributed by atoms with Gasteiger partial charge in [-0.3, -0.25) is 0 Å². The maximum absolute atomic E-state index is 9.99. The minimum atomic E-state index is -0.632. The van der Waals surface area contributed by atoms with E-state index in [9.17, 15) is 5.11 Å². The van der Waals surface area contributed by atoms with E-state index in [0.29, 0.717) is 6.61 Å². The average molecular weight is 336 g/mol. The zero-order valence-electron chi connectivity index (χ0n) is 15.0. The molecule has 1 aliphatic carbocycles. The van der Waals surface area contributed by atoms with Gasteiger partial charge in [0.1, 0.15) is 11.9 Å². The lowest BCUT2D eigenvalue weighted by atomic mass is 9.82. The van der Waals surface area contributed by atoms with Gasteiger partial charge in [0.15, 0.2) is 5.79 Å². The molecule has 1 aliphatic heterocycles. The Balaban J connectivity index is 1.70. The van der Waals surface area contributed by atoms with Crippen molar-refractivity contribution in [3.63, 3.8) is 0 Å². The van der Waals surface area contributed by atoms with Crippen molar-refractivity contribution in [3.8, 4) is 5.75 Å². The minimum absolute atomic E-state index is 0.0778. The Morgan fingerprint density at radius 3 is 2.50 bits per heavy atom. The van der Waals surface area contributed by atoms with Crippen molar-refractivity contribution in [2.24, 2.45) is 5.41 Å². The fourth-order valence-electron chi connectivity index (χ4n) is 3.86. The van der Waals surface area contributed by atoms with Gasteiger partial charge in [0, 0.05) is 5.41 Å². The first-order valence-electron chi connectivity index (χ1n) is 8.64. The molecule has 134 valence electrons. The molecular formula is C19H28O5. The summed E-state index contributed by atoms with van der Waals surface area (Å²) in [4.78, 5) is 0. The summed E-state index contributed by atoms with van der Waals surface area (Å²) in [7, 11) is 1.66. The Bertz CT molecular complexity index is 549. The van der Waals surface area contributed by atoms with E-state index in [1.54, 1.807) is 7.11 Å². The molecule has 1 aromatic rings. The highest BCUT2D eigenvalue weighted by atomic mass is 16.8. The quantitative estimate of drug-likeness (QED) is 0.866. The number of fused-ring (bicyclic) bond motifs is 1. The van der Waals surface area contributed by atoms with Crippen LogP contribution in [0.25, 0.3) is 0 Å². The first-order valence-corrected chi connectivity index (χ1v) is 8.64. The van der Waals surface area contributed by atoms with Crippen molar-refractivity contribution in [2.45, 2.75) is 64.3 Å². The second-order valence-electron chi connectivity index (χ2n) is 7.30. The van der Waals surface area contributed by atoms with E-state index in [1.165, 1.54) is 0 Å². The first-order chi connectivity index (χ1) is 11.4. The van der Waals surface area contributed by atoms with Crippen molar-refractivity contribution in [2.75, 3.05) is 13.7 Å². The predicted molar refractivity (Wildman–Crippen MR) is 89.8 cm³/mol. The van der Waals surface area contributed by atoms with Crippen LogP contribution in [0, 0.1) is 5.41 Å². The molecule has 0 aromatic heterocycles. The Morgan fingerprint density at radius 1 is 1.21 bits per heavy atom. The maximum Gasteiger partial charge on any atom is 0.163 e. The predicted octanol–water partition coefficient (Wildman–Crippen LogP) is 2.89. The number of hydrogen-bond acceptors (Lipinski definition) is 5. The van der Waals surface area contributed by atoms with Gasteiger partial charge in [-0.1, -0.05) is 19.1 Å². The van der Waals surface area contributed by atoms with Crippen molar-refractivity contribution in [1.29, 1.82) is 0 Å². The third-order valence-corrected chi connectivity index (χ3v) is 5.35. The Kier molecular flexibility index (Phi) is 4.89. The minimum Gasteiger partial charge on any atom is -0.497 e. The lowest BCUT2D eigenvalue weighted by Crippen LogP contribution is -2.38. The standard InChI is InChI=1S/C19H28O5/c1-5-19(12-20)10-15(16-17(19)24-18(2,3)23-16)22-11-13-6-8-14(21-4)9-7-13/h6-9,15-17,20H,5,10-12H2,1-4H3/t15-,16-,17-,19-/m0/s1. The van der Waals surface area contributed by atoms with Crippen LogP contribution in [0.2, 0.25) is 0 Å². The van der Waals surface area contributed by atoms with E-state index >= 15 is 0 Å². The monoisotopic (exact) mass is 336 g/mol. The molecule has 0 radical (unpaired) electrons. The highest BCUT2D eigenvalue weighted by molar-refractivity contribution is 5.26. The summed E-state index contributed by atoms with van der Waals surface area (Å²) in [6.07, 6.45) is 1.26. The van der Waals surface area contributed by atoms with E-state index < -0.39 is 5.79 Å². The second-order valence-corrected chi connectivity index (χ2v) is 7.30. The summed E-state index contributed by atoms with van der Waals surface area (Å²) in [6, 6.07) is 7.86. The summed E-state index contributed by atoms with van der Waals surface area (Å²) < 4.78 is 23.5. The lowest BCUT2D eigenvalue weighted by molar-refractivity contribution is -0.183. The Morgan fingerprint density at radius 2 is 1.92 bits per heavy atom. The highest BCUT2D eigenvalue weighted by Gasteiger charge is 2.60. The van der Waals surface area contributed by atoms with E-state index in [-0.39, 0.29) is 30.3 Å². The smallest absolute Gasteiger partial charge is 0.163 e. The van der Waals surface area contributed by atoms with Crippen LogP contribution in [0.15, 0.2) is 24.3 Å². The van der Waals surface area contributed by atoms with Gasteiger partial charge >= 0.3 is 0 Å². The molecule has 0 unspecified atom stereocenters. The fraction of sp³-hybridized carbons (Fsp3) is 0.684. The number of methoxy groups -OCH3 is 1. The zero-order valence-corrected chi connectivity index (χ0v) is 15.0. The van der Waals surface area contributed by atoms with Gasteiger partial charge in [0.05, 0.1) is 32.5 Å². The van der Waals surface area contributed by atoms with E-state index in [4.69, 9.17) is 18.9 Å². The van der Waals surface area contributed by atoms with Gasteiger partial charge in [-0.05, 0) is 44.4 Å². The second kappa shape index (κ2) is 6.64. The van der Waals surface area contributed by atoms with Crippen LogP contribution in [0.3, 0.4) is 0 Å². The van der Waals surface area contributed by atoms with Crippen LogP contribution in [-0.4, -0.2) is 42.9 Å². The number of aliphatic hydroxyl groups is 1. The topological polar surface area (TPSA) is 57.2 Å². The molecule has 1 aromatic carbocycles. The van der Waals surface area contributed by atoms with Gasteiger partial charge in [-0.25, -0.2) is 0 Å². The summed E-state index contributed by atoms with van der Waals surface area (Å²) in [5.41, 5.74) is 0.798. The van der Waals surface area contributed by atoms with Crippen LogP contribution >= 0.6 is 0 Å². The molecule has 24 heavy (non-hydrogen) atoms. The van der Waals surface area contributed by atoms with Crippen LogP contribution in [0.4, 0.5) is 0 Å². The zero-order chi connectivity index (χ0) is 17.4. The van der Waals surface area contributed by atoms with Crippen LogP contribution in [-0.2, 0) is 20.8 Å². The fourth-order valence-corrected chi connectivity index (χ4v) is 3.86. The molecule has 1 heterocycles. The van der Waals surface area contributed by atoms with Crippen molar-refractivity contribution in [3.05, 3.63) is 29.8 Å². The molecule has 4 atom stereocenters. The molecule has 0 bridgehead atoms. The third kappa shape index (κ3) is 3.18. The molecule has 5 nitrogen and oxygen atoms in total. The lowest BCUT2D eigenvalue weighted by Gasteiger charge is -2.32. The normalized spacial score (nSPS) is 34.3. The number of hydrogen-bond donors (Lipinski definition) is 1. The molecular weight excluding hydrogens is 308 g/mol. The molecule has 2 aliphatic rings. The SMILES string of the molecule is CC[C@@]1(CO)C[C@H](OCc2ccc(OC)cc2)[C@@H]2OC(C)(C)O[C@@H]21. The number of benzene rings is 1. The summed E-state index contributed by atoms with van der Waals surface area (Å²) in [5, 5.41) is 9.99. The first kappa shape index (κ1) is 17.7. The largest absolute Gasteiger partial charge is 0.497 e. The van der Waals surface area contributed by atoms with Crippen LogP contribution in [0.1, 0.15) is 39.2 Å². The Labute approximate surface area is 143 Å². The summed E-state index contributed by atoms with van der Waals surface area (Å²) in [6.45, 7) is 6.53. The van der Waals surface area contributed by atoms with E-state index in [0.717, 1.165) is 24.2 Å². The molecule has 0 spiro atoms. The third-order valence-electron chi connectivity index (χ3n) is 5.35. The van der Waals surface area contributed by atoms with Crippen molar-refractivity contribution < 1.29 is 24.1 Å². The van der Waals surface area contributed by atoms with E-state index in [2.05, 4.69) is 6.92 Å². The van der Waals surface area contributed by atoms with Gasteiger partial charge < -0.3 is 24.1 Å². The number of ether oxygens (including phenoxy) is 4. The van der Waals surface area contributed by atoms with Gasteiger partial charge in [0.2, 0.25) is 0 Å². The molecule has 3 rings (SSSR count). The van der Waals surface area contributed by atoms with Crippen LogP contribution < -0.4 is 4.74 Å². The van der Waals surface area contributed by atoms with Crippen LogP contribution in [0.5, 0.6) is 5.75 Å². The van der Waals surface area contributed by atoms with Crippen molar-refractivity contribution in [1.82, 2.24) is 0 Å². The molecule has 2 fully saturated rings. The van der Waals surface area contributed by atoms with E-state index in [1.807, 2.05) is 38.1 Å². The molecule has 5 heteroatoms. The molecule has 1 saturated heterocycles. The van der Waals surface area contributed by atoms with Gasteiger partial charge in [-0.15, -0.1) is 0 Å². The molecule has 0 amide bonds. The van der Waals surface area contributed by atoms with Crippen molar-refractivity contribution >= 4 is 0 Å². The maximum atomic E-state index is 9.99. The molecule has 1 saturated carbocycles.